The van der Waals surface area contributed by atoms with Crippen LogP contribution in [0.2, 0.25) is 0 Å². The van der Waals surface area contributed by atoms with Gasteiger partial charge in [-0.1, -0.05) is 30.3 Å². The lowest BCUT2D eigenvalue weighted by atomic mass is 10.1. The highest BCUT2D eigenvalue weighted by Gasteiger charge is 2.29. The standard InChI is InChI=1S/C24H19F3N2O/c1-30-19-12-8-17(9-13-19)22-14-23(20-4-2-3-5-21(20)29-22)28-15-16-6-10-18(11-7-16)24(25,26)27/h2-14H,15H2,1H3,(H,28,29). The summed E-state index contributed by atoms with van der Waals surface area (Å²) >= 11 is 0. The van der Waals surface area contributed by atoms with E-state index in [1.165, 1.54) is 12.1 Å². The zero-order chi connectivity index (χ0) is 21.1. The summed E-state index contributed by atoms with van der Waals surface area (Å²) in [6.07, 6.45) is -4.33. The topological polar surface area (TPSA) is 34.1 Å². The fourth-order valence-electron chi connectivity index (χ4n) is 3.24. The molecule has 1 N–H and O–H groups in total. The summed E-state index contributed by atoms with van der Waals surface area (Å²) in [7, 11) is 1.62. The number of para-hydroxylation sites is 1. The third kappa shape index (κ3) is 4.22. The van der Waals surface area contributed by atoms with Crippen molar-refractivity contribution in [2.45, 2.75) is 12.7 Å². The van der Waals surface area contributed by atoms with E-state index in [4.69, 9.17) is 9.72 Å². The Hall–Kier alpha value is -3.54. The highest BCUT2D eigenvalue weighted by atomic mass is 19.4. The van der Waals surface area contributed by atoms with Gasteiger partial charge < -0.3 is 10.1 Å². The minimum atomic E-state index is -4.33. The van der Waals surface area contributed by atoms with Crippen LogP contribution in [0.25, 0.3) is 22.2 Å². The average molecular weight is 408 g/mol. The third-order valence-electron chi connectivity index (χ3n) is 4.87. The minimum Gasteiger partial charge on any atom is -0.497 e. The molecule has 3 aromatic carbocycles. The first-order valence-corrected chi connectivity index (χ1v) is 9.38. The summed E-state index contributed by atoms with van der Waals surface area (Å²) in [5.74, 6) is 0.764. The van der Waals surface area contributed by atoms with Crippen molar-refractivity contribution in [1.29, 1.82) is 0 Å². The normalized spacial score (nSPS) is 11.5. The van der Waals surface area contributed by atoms with Gasteiger partial charge in [-0.25, -0.2) is 4.98 Å². The molecule has 4 rings (SSSR count). The number of nitrogens with zero attached hydrogens (tertiary/aromatic N) is 1. The van der Waals surface area contributed by atoms with E-state index in [0.29, 0.717) is 6.54 Å². The van der Waals surface area contributed by atoms with Gasteiger partial charge in [-0.3, -0.25) is 0 Å². The molecule has 1 aromatic heterocycles. The number of anilines is 1. The molecule has 0 aliphatic carbocycles. The van der Waals surface area contributed by atoms with E-state index in [9.17, 15) is 13.2 Å². The predicted molar refractivity (Wildman–Crippen MR) is 113 cm³/mol. The van der Waals surface area contributed by atoms with Gasteiger partial charge in [-0.15, -0.1) is 0 Å². The fourth-order valence-corrected chi connectivity index (χ4v) is 3.24. The zero-order valence-electron chi connectivity index (χ0n) is 16.2. The molecule has 0 fully saturated rings. The van der Waals surface area contributed by atoms with Crippen LogP contribution in [0.1, 0.15) is 11.1 Å². The summed E-state index contributed by atoms with van der Waals surface area (Å²) in [4.78, 5) is 4.75. The molecule has 0 unspecified atom stereocenters. The van der Waals surface area contributed by atoms with Crippen LogP contribution < -0.4 is 10.1 Å². The molecule has 6 heteroatoms. The van der Waals surface area contributed by atoms with Crippen LogP contribution in [0.15, 0.2) is 78.9 Å². The van der Waals surface area contributed by atoms with Gasteiger partial charge in [0.1, 0.15) is 5.75 Å². The lowest BCUT2D eigenvalue weighted by Gasteiger charge is -2.13. The molecular formula is C24H19F3N2O. The molecular weight excluding hydrogens is 389 g/mol. The molecule has 0 aliphatic rings. The van der Waals surface area contributed by atoms with Crippen LogP contribution in [-0.4, -0.2) is 12.1 Å². The van der Waals surface area contributed by atoms with Crippen molar-refractivity contribution in [3.8, 4) is 17.0 Å². The van der Waals surface area contributed by atoms with Gasteiger partial charge >= 0.3 is 6.18 Å². The number of alkyl halides is 3. The Morgan fingerprint density at radius 2 is 1.60 bits per heavy atom. The third-order valence-corrected chi connectivity index (χ3v) is 4.87. The van der Waals surface area contributed by atoms with E-state index in [0.717, 1.165) is 51.3 Å². The number of pyridine rings is 1. The Morgan fingerprint density at radius 1 is 0.900 bits per heavy atom. The van der Waals surface area contributed by atoms with E-state index >= 15 is 0 Å². The Bertz CT molecular complexity index is 1150. The first-order chi connectivity index (χ1) is 14.4. The zero-order valence-corrected chi connectivity index (χ0v) is 16.2. The molecule has 0 spiro atoms. The van der Waals surface area contributed by atoms with E-state index < -0.39 is 11.7 Å². The van der Waals surface area contributed by atoms with Crippen molar-refractivity contribution in [2.24, 2.45) is 0 Å². The first kappa shape index (κ1) is 19.8. The largest absolute Gasteiger partial charge is 0.497 e. The van der Waals surface area contributed by atoms with E-state index in [2.05, 4.69) is 5.32 Å². The second-order valence-corrected chi connectivity index (χ2v) is 6.85. The molecule has 0 bridgehead atoms. The quantitative estimate of drug-likeness (QED) is 0.407. The summed E-state index contributed by atoms with van der Waals surface area (Å²) in [5, 5.41) is 4.29. The number of rotatable bonds is 5. The number of methoxy groups -OCH3 is 1. The van der Waals surface area contributed by atoms with Gasteiger partial charge in [-0.2, -0.15) is 13.2 Å². The van der Waals surface area contributed by atoms with E-state index in [-0.39, 0.29) is 0 Å². The van der Waals surface area contributed by atoms with E-state index in [1.54, 1.807) is 7.11 Å². The summed E-state index contributed by atoms with van der Waals surface area (Å²) < 4.78 is 43.5. The van der Waals surface area contributed by atoms with Gasteiger partial charge in [0.05, 0.1) is 23.9 Å². The lowest BCUT2D eigenvalue weighted by molar-refractivity contribution is -0.137. The summed E-state index contributed by atoms with van der Waals surface area (Å²) in [5.41, 5.74) is 3.55. The SMILES string of the molecule is COc1ccc(-c2cc(NCc3ccc(C(F)(F)F)cc3)c3ccccc3n2)cc1. The minimum absolute atomic E-state index is 0.397. The molecule has 0 saturated carbocycles. The van der Waals surface area contributed by atoms with Crippen molar-refractivity contribution < 1.29 is 17.9 Å². The number of hydrogen-bond donors (Lipinski definition) is 1. The maximum atomic E-state index is 12.8. The van der Waals surface area contributed by atoms with Crippen molar-refractivity contribution in [2.75, 3.05) is 12.4 Å². The first-order valence-electron chi connectivity index (χ1n) is 9.38. The lowest BCUT2D eigenvalue weighted by Crippen LogP contribution is -2.06. The molecule has 0 radical (unpaired) electrons. The second kappa shape index (κ2) is 8.06. The smallest absolute Gasteiger partial charge is 0.416 e. The molecule has 3 nitrogen and oxygen atoms in total. The second-order valence-electron chi connectivity index (χ2n) is 6.85. The van der Waals surface area contributed by atoms with Gasteiger partial charge in [0.15, 0.2) is 0 Å². The molecule has 0 saturated heterocycles. The highest BCUT2D eigenvalue weighted by molar-refractivity contribution is 5.93. The molecule has 1 heterocycles. The Labute approximate surface area is 172 Å². The van der Waals surface area contributed by atoms with Crippen molar-refractivity contribution in [3.63, 3.8) is 0 Å². The van der Waals surface area contributed by atoms with Crippen molar-refractivity contribution in [3.05, 3.63) is 90.0 Å². The van der Waals surface area contributed by atoms with Crippen LogP contribution in [0, 0.1) is 0 Å². The number of nitrogens with one attached hydrogen (secondary N) is 1. The number of hydrogen-bond acceptors (Lipinski definition) is 3. The van der Waals surface area contributed by atoms with Crippen LogP contribution in [0.3, 0.4) is 0 Å². The van der Waals surface area contributed by atoms with Gasteiger partial charge in [-0.05, 0) is 54.1 Å². The molecule has 0 amide bonds. The van der Waals surface area contributed by atoms with Crippen LogP contribution in [0.5, 0.6) is 5.75 Å². The van der Waals surface area contributed by atoms with Crippen molar-refractivity contribution >= 4 is 16.6 Å². The van der Waals surface area contributed by atoms with Gasteiger partial charge in [0.25, 0.3) is 0 Å². The van der Waals surface area contributed by atoms with Crippen LogP contribution >= 0.6 is 0 Å². The number of benzene rings is 3. The fraction of sp³-hybridized carbons (Fsp3) is 0.125. The maximum Gasteiger partial charge on any atom is 0.416 e. The summed E-state index contributed by atoms with van der Waals surface area (Å²) in [6.45, 7) is 0.397. The predicted octanol–water partition coefficient (Wildman–Crippen LogP) is 6.54. The number of ether oxygens (including phenoxy) is 1. The van der Waals surface area contributed by atoms with Gasteiger partial charge in [0.2, 0.25) is 0 Å². The number of aromatic nitrogens is 1. The monoisotopic (exact) mass is 408 g/mol. The van der Waals surface area contributed by atoms with Crippen LogP contribution in [-0.2, 0) is 12.7 Å². The number of fused-ring (bicyclic) bond motifs is 1. The van der Waals surface area contributed by atoms with Crippen LogP contribution in [0.4, 0.5) is 18.9 Å². The van der Waals surface area contributed by atoms with Gasteiger partial charge in [0, 0.05) is 23.2 Å². The molecule has 4 aromatic rings. The Morgan fingerprint density at radius 3 is 2.27 bits per heavy atom. The average Bonchev–Trinajstić information content (AvgIpc) is 2.77. The molecule has 152 valence electrons. The Balaban J connectivity index is 1.64. The maximum absolute atomic E-state index is 12.8. The molecule has 30 heavy (non-hydrogen) atoms. The van der Waals surface area contributed by atoms with Crippen molar-refractivity contribution in [1.82, 2.24) is 4.98 Å². The van der Waals surface area contributed by atoms with E-state index in [1.807, 2.05) is 54.6 Å². The number of halogens is 3. The Kier molecular flexibility index (Phi) is 5.31. The molecule has 0 atom stereocenters. The summed E-state index contributed by atoms with van der Waals surface area (Å²) in [6, 6.07) is 22.5. The highest BCUT2D eigenvalue weighted by Crippen LogP contribution is 2.31. The molecule has 0 aliphatic heterocycles.